The standard InChI is InChI=1S/C15H19N3O2S/c1-17(14(20)10-18-8-4-5-11(19)9-18)15-16-12-6-2-3-7-13(12)21-15/h2-3,6-7,11,19H,4-5,8-10H2,1H3. The van der Waals surface area contributed by atoms with Crippen molar-refractivity contribution in [1.82, 2.24) is 9.88 Å². The van der Waals surface area contributed by atoms with Gasteiger partial charge in [0.05, 0.1) is 22.9 Å². The van der Waals surface area contributed by atoms with Crippen molar-refractivity contribution in [2.75, 3.05) is 31.6 Å². The summed E-state index contributed by atoms with van der Waals surface area (Å²) in [5.41, 5.74) is 0.922. The summed E-state index contributed by atoms with van der Waals surface area (Å²) in [6.07, 6.45) is 1.47. The average Bonchev–Trinajstić information content (AvgIpc) is 2.90. The van der Waals surface area contributed by atoms with Gasteiger partial charge in [0.15, 0.2) is 5.13 Å². The number of hydrogen-bond donors (Lipinski definition) is 1. The number of piperidine rings is 1. The van der Waals surface area contributed by atoms with Gasteiger partial charge in [0, 0.05) is 13.6 Å². The molecule has 112 valence electrons. The topological polar surface area (TPSA) is 56.7 Å². The molecule has 3 rings (SSSR count). The van der Waals surface area contributed by atoms with Crippen molar-refractivity contribution in [2.45, 2.75) is 18.9 Å². The fourth-order valence-corrected chi connectivity index (χ4v) is 3.53. The van der Waals surface area contributed by atoms with Crippen LogP contribution in [-0.4, -0.2) is 53.7 Å². The number of hydrogen-bond acceptors (Lipinski definition) is 5. The molecule has 6 heteroatoms. The van der Waals surface area contributed by atoms with E-state index in [1.807, 2.05) is 29.2 Å². The van der Waals surface area contributed by atoms with Crippen LogP contribution < -0.4 is 4.90 Å². The van der Waals surface area contributed by atoms with Gasteiger partial charge in [-0.2, -0.15) is 0 Å². The maximum absolute atomic E-state index is 12.4. The number of thiazole rings is 1. The molecule has 0 spiro atoms. The van der Waals surface area contributed by atoms with E-state index in [-0.39, 0.29) is 12.0 Å². The van der Waals surface area contributed by atoms with E-state index in [1.165, 1.54) is 11.3 Å². The Kier molecular flexibility index (Phi) is 4.19. The highest BCUT2D eigenvalue weighted by Crippen LogP contribution is 2.27. The number of fused-ring (bicyclic) bond motifs is 1. The fourth-order valence-electron chi connectivity index (χ4n) is 2.58. The summed E-state index contributed by atoms with van der Waals surface area (Å²) >= 11 is 1.52. The van der Waals surface area contributed by atoms with E-state index in [0.29, 0.717) is 13.1 Å². The second kappa shape index (κ2) is 6.09. The summed E-state index contributed by atoms with van der Waals surface area (Å²) in [4.78, 5) is 20.5. The highest BCUT2D eigenvalue weighted by molar-refractivity contribution is 7.22. The minimum Gasteiger partial charge on any atom is -0.392 e. The van der Waals surface area contributed by atoms with Crippen LogP contribution in [0.4, 0.5) is 5.13 Å². The monoisotopic (exact) mass is 305 g/mol. The number of nitrogens with zero attached hydrogens (tertiary/aromatic N) is 3. The van der Waals surface area contributed by atoms with E-state index in [4.69, 9.17) is 0 Å². The molecule has 1 aliphatic rings. The quantitative estimate of drug-likeness (QED) is 0.938. The number of benzene rings is 1. The van der Waals surface area contributed by atoms with Gasteiger partial charge in [-0.05, 0) is 31.5 Å². The number of carbonyl (C=O) groups is 1. The molecular formula is C15H19N3O2S. The number of anilines is 1. The maximum atomic E-state index is 12.4. The van der Waals surface area contributed by atoms with Gasteiger partial charge in [-0.25, -0.2) is 4.98 Å². The predicted octanol–water partition coefficient (Wildman–Crippen LogP) is 1.72. The van der Waals surface area contributed by atoms with Gasteiger partial charge in [0.25, 0.3) is 0 Å². The Morgan fingerprint density at radius 1 is 1.52 bits per heavy atom. The molecule has 1 aromatic heterocycles. The first-order valence-corrected chi connectivity index (χ1v) is 7.97. The van der Waals surface area contributed by atoms with Crippen LogP contribution in [0.3, 0.4) is 0 Å². The van der Waals surface area contributed by atoms with Crippen LogP contribution >= 0.6 is 11.3 Å². The molecule has 1 saturated heterocycles. The van der Waals surface area contributed by atoms with Crippen LogP contribution in [0.15, 0.2) is 24.3 Å². The van der Waals surface area contributed by atoms with Crippen molar-refractivity contribution in [2.24, 2.45) is 0 Å². The number of rotatable bonds is 3. The summed E-state index contributed by atoms with van der Waals surface area (Å²) in [6, 6.07) is 7.88. The van der Waals surface area contributed by atoms with Crippen LogP contribution in [0.25, 0.3) is 10.2 Å². The summed E-state index contributed by atoms with van der Waals surface area (Å²) in [6.45, 7) is 1.79. The molecule has 1 amide bonds. The second-order valence-corrected chi connectivity index (χ2v) is 6.46. The average molecular weight is 305 g/mol. The first-order chi connectivity index (χ1) is 10.1. The van der Waals surface area contributed by atoms with Gasteiger partial charge in [-0.3, -0.25) is 14.6 Å². The Labute approximate surface area is 127 Å². The van der Waals surface area contributed by atoms with Gasteiger partial charge in [-0.15, -0.1) is 0 Å². The highest BCUT2D eigenvalue weighted by atomic mass is 32.1. The normalized spacial score (nSPS) is 19.8. The molecule has 21 heavy (non-hydrogen) atoms. The lowest BCUT2D eigenvalue weighted by atomic mass is 10.1. The summed E-state index contributed by atoms with van der Waals surface area (Å²) in [7, 11) is 1.76. The van der Waals surface area contributed by atoms with Gasteiger partial charge in [0.1, 0.15) is 0 Å². The van der Waals surface area contributed by atoms with Crippen LogP contribution in [0.2, 0.25) is 0 Å². The van der Waals surface area contributed by atoms with E-state index in [9.17, 15) is 9.90 Å². The number of carbonyl (C=O) groups excluding carboxylic acids is 1. The molecule has 1 atom stereocenters. The Balaban J connectivity index is 1.68. The van der Waals surface area contributed by atoms with E-state index >= 15 is 0 Å². The zero-order chi connectivity index (χ0) is 14.8. The molecule has 0 aliphatic carbocycles. The Morgan fingerprint density at radius 3 is 3.10 bits per heavy atom. The smallest absolute Gasteiger partial charge is 0.242 e. The third-order valence-electron chi connectivity index (χ3n) is 3.78. The molecule has 1 unspecified atom stereocenters. The number of likely N-dealkylation sites (N-methyl/N-ethyl adjacent to an activating group) is 1. The lowest BCUT2D eigenvalue weighted by Gasteiger charge is -2.30. The second-order valence-electron chi connectivity index (χ2n) is 5.45. The molecule has 2 heterocycles. The Bertz CT molecular complexity index is 610. The number of aliphatic hydroxyl groups excluding tert-OH is 1. The lowest BCUT2D eigenvalue weighted by molar-refractivity contribution is -0.120. The Morgan fingerprint density at radius 2 is 2.33 bits per heavy atom. The molecule has 1 fully saturated rings. The van der Waals surface area contributed by atoms with E-state index in [0.717, 1.165) is 34.7 Å². The lowest BCUT2D eigenvalue weighted by Crippen LogP contribution is -2.44. The first-order valence-electron chi connectivity index (χ1n) is 7.16. The van der Waals surface area contributed by atoms with Crippen LogP contribution in [0.1, 0.15) is 12.8 Å². The molecule has 0 bridgehead atoms. The SMILES string of the molecule is CN(C(=O)CN1CCCC(O)C1)c1nc2ccccc2s1. The number of β-amino-alcohol motifs (C(OH)–C–C–N with tert-alkyl or cyclic N) is 1. The molecule has 2 aromatic rings. The number of aliphatic hydroxyl groups is 1. The van der Waals surface area contributed by atoms with Crippen molar-refractivity contribution in [3.63, 3.8) is 0 Å². The van der Waals surface area contributed by atoms with Crippen molar-refractivity contribution in [3.8, 4) is 0 Å². The van der Waals surface area contributed by atoms with Gasteiger partial charge >= 0.3 is 0 Å². The highest BCUT2D eigenvalue weighted by Gasteiger charge is 2.22. The molecule has 0 saturated carbocycles. The van der Waals surface area contributed by atoms with E-state index < -0.39 is 0 Å². The van der Waals surface area contributed by atoms with E-state index in [2.05, 4.69) is 4.98 Å². The largest absolute Gasteiger partial charge is 0.392 e. The molecular weight excluding hydrogens is 286 g/mol. The first kappa shape index (κ1) is 14.4. The van der Waals surface area contributed by atoms with Crippen LogP contribution in [0.5, 0.6) is 0 Å². The fraction of sp³-hybridized carbons (Fsp3) is 0.467. The molecule has 0 radical (unpaired) electrons. The van der Waals surface area contributed by atoms with Gasteiger partial charge in [-0.1, -0.05) is 23.5 Å². The number of likely N-dealkylation sites (tertiary alicyclic amines) is 1. The Hall–Kier alpha value is -1.50. The summed E-state index contributed by atoms with van der Waals surface area (Å²) in [5, 5.41) is 10.4. The number of para-hydroxylation sites is 1. The van der Waals surface area contributed by atoms with Crippen molar-refractivity contribution in [3.05, 3.63) is 24.3 Å². The van der Waals surface area contributed by atoms with E-state index in [1.54, 1.807) is 11.9 Å². The molecule has 1 aliphatic heterocycles. The molecule has 1 N–H and O–H groups in total. The minimum atomic E-state index is -0.306. The zero-order valence-electron chi connectivity index (χ0n) is 12.0. The predicted molar refractivity (Wildman–Crippen MR) is 84.7 cm³/mol. The number of amides is 1. The molecule has 1 aromatic carbocycles. The third-order valence-corrected chi connectivity index (χ3v) is 4.90. The van der Waals surface area contributed by atoms with Crippen molar-refractivity contribution < 1.29 is 9.90 Å². The van der Waals surface area contributed by atoms with Gasteiger partial charge < -0.3 is 5.11 Å². The number of aromatic nitrogens is 1. The summed E-state index contributed by atoms with van der Waals surface area (Å²) in [5.74, 6) is 0.0168. The zero-order valence-corrected chi connectivity index (χ0v) is 12.8. The maximum Gasteiger partial charge on any atom is 0.242 e. The minimum absolute atomic E-state index is 0.0168. The van der Waals surface area contributed by atoms with Crippen molar-refractivity contribution >= 4 is 32.6 Å². The van der Waals surface area contributed by atoms with Crippen molar-refractivity contribution in [1.29, 1.82) is 0 Å². The third kappa shape index (κ3) is 3.23. The molecule has 5 nitrogen and oxygen atoms in total. The summed E-state index contributed by atoms with van der Waals surface area (Å²) < 4.78 is 1.08. The van der Waals surface area contributed by atoms with Crippen LogP contribution in [0, 0.1) is 0 Å². The van der Waals surface area contributed by atoms with Gasteiger partial charge in [0.2, 0.25) is 5.91 Å². The van der Waals surface area contributed by atoms with Crippen LogP contribution in [-0.2, 0) is 4.79 Å².